The number of carbonyl (C=O) groups is 1. The van der Waals surface area contributed by atoms with Gasteiger partial charge < -0.3 is 5.11 Å². The van der Waals surface area contributed by atoms with Crippen molar-refractivity contribution in [2.24, 2.45) is 0 Å². The van der Waals surface area contributed by atoms with Gasteiger partial charge in [0.15, 0.2) is 0 Å². The van der Waals surface area contributed by atoms with Gasteiger partial charge in [-0.1, -0.05) is 28.9 Å². The molecule has 1 aromatic carbocycles. The number of carboxylic acids is 1. The van der Waals surface area contributed by atoms with Crippen LogP contribution in [-0.2, 0) is 11.3 Å². The molecule has 5 nitrogen and oxygen atoms in total. The Morgan fingerprint density at radius 3 is 3.00 bits per heavy atom. The predicted octanol–water partition coefficient (Wildman–Crippen LogP) is 1.68. The van der Waals surface area contributed by atoms with Gasteiger partial charge in [-0.3, -0.25) is 4.79 Å². The zero-order valence-corrected chi connectivity index (χ0v) is 8.92. The Bertz CT molecular complexity index is 524. The summed E-state index contributed by atoms with van der Waals surface area (Å²) in [6.07, 6.45) is 1.57. The van der Waals surface area contributed by atoms with Gasteiger partial charge >= 0.3 is 5.97 Å². The second kappa shape index (κ2) is 4.32. The molecule has 6 heteroatoms. The average molecular weight is 238 g/mol. The third-order valence-electron chi connectivity index (χ3n) is 1.96. The number of hydrogen-bond acceptors (Lipinski definition) is 3. The zero-order valence-electron chi connectivity index (χ0n) is 8.17. The van der Waals surface area contributed by atoms with Crippen LogP contribution in [0.25, 0.3) is 11.3 Å². The summed E-state index contributed by atoms with van der Waals surface area (Å²) in [6, 6.07) is 7.14. The van der Waals surface area contributed by atoms with Crippen molar-refractivity contribution >= 4 is 17.6 Å². The number of benzene rings is 1. The molecule has 0 aliphatic carbocycles. The average Bonchev–Trinajstić information content (AvgIpc) is 2.65. The lowest BCUT2D eigenvalue weighted by molar-refractivity contribution is -0.137. The highest BCUT2D eigenvalue weighted by Gasteiger charge is 2.06. The van der Waals surface area contributed by atoms with E-state index in [0.29, 0.717) is 10.7 Å². The molecule has 0 saturated heterocycles. The van der Waals surface area contributed by atoms with Gasteiger partial charge in [-0.2, -0.15) is 0 Å². The molecule has 0 unspecified atom stereocenters. The minimum atomic E-state index is -0.956. The van der Waals surface area contributed by atoms with Crippen molar-refractivity contribution in [2.75, 3.05) is 0 Å². The van der Waals surface area contributed by atoms with E-state index >= 15 is 0 Å². The Balaban J connectivity index is 2.28. The van der Waals surface area contributed by atoms with Gasteiger partial charge in [0.25, 0.3) is 0 Å². The van der Waals surface area contributed by atoms with E-state index in [1.165, 1.54) is 4.68 Å². The summed E-state index contributed by atoms with van der Waals surface area (Å²) in [5.74, 6) is -0.956. The van der Waals surface area contributed by atoms with E-state index in [2.05, 4.69) is 10.3 Å². The third-order valence-corrected chi connectivity index (χ3v) is 2.19. The van der Waals surface area contributed by atoms with Crippen LogP contribution in [0, 0.1) is 0 Å². The van der Waals surface area contributed by atoms with Crippen LogP contribution >= 0.6 is 11.6 Å². The molecule has 2 aromatic rings. The highest BCUT2D eigenvalue weighted by atomic mass is 35.5. The van der Waals surface area contributed by atoms with E-state index in [1.54, 1.807) is 24.4 Å². The fourth-order valence-electron chi connectivity index (χ4n) is 1.29. The largest absolute Gasteiger partial charge is 0.480 e. The van der Waals surface area contributed by atoms with Gasteiger partial charge in [-0.15, -0.1) is 5.10 Å². The maximum absolute atomic E-state index is 10.5. The molecule has 0 bridgehead atoms. The fourth-order valence-corrected chi connectivity index (χ4v) is 1.48. The molecule has 1 heterocycles. The summed E-state index contributed by atoms with van der Waals surface area (Å²) >= 11 is 5.84. The Morgan fingerprint density at radius 1 is 1.50 bits per heavy atom. The van der Waals surface area contributed by atoms with Crippen molar-refractivity contribution in [3.8, 4) is 11.3 Å². The van der Waals surface area contributed by atoms with E-state index in [9.17, 15) is 4.79 Å². The van der Waals surface area contributed by atoms with E-state index in [1.807, 2.05) is 6.07 Å². The van der Waals surface area contributed by atoms with Crippen LogP contribution < -0.4 is 0 Å². The zero-order chi connectivity index (χ0) is 11.5. The van der Waals surface area contributed by atoms with E-state index < -0.39 is 5.97 Å². The van der Waals surface area contributed by atoms with Gasteiger partial charge in [-0.25, -0.2) is 4.68 Å². The number of nitrogens with zero attached hydrogens (tertiary/aromatic N) is 3. The second-order valence-electron chi connectivity index (χ2n) is 3.21. The Hall–Kier alpha value is -1.88. The van der Waals surface area contributed by atoms with Crippen LogP contribution in [0.4, 0.5) is 0 Å². The molecule has 0 aliphatic heterocycles. The number of hydrogen-bond donors (Lipinski definition) is 1. The highest BCUT2D eigenvalue weighted by molar-refractivity contribution is 6.30. The lowest BCUT2D eigenvalue weighted by atomic mass is 10.2. The van der Waals surface area contributed by atoms with Crippen molar-refractivity contribution in [1.82, 2.24) is 15.0 Å². The summed E-state index contributed by atoms with van der Waals surface area (Å²) in [4.78, 5) is 10.5. The van der Waals surface area contributed by atoms with Gasteiger partial charge in [0.05, 0.1) is 6.20 Å². The Kier molecular flexibility index (Phi) is 2.87. The fraction of sp³-hybridized carbons (Fsp3) is 0.100. The number of aromatic nitrogens is 3. The van der Waals surface area contributed by atoms with Gasteiger partial charge in [0.2, 0.25) is 0 Å². The van der Waals surface area contributed by atoms with Crippen LogP contribution in [0.2, 0.25) is 5.02 Å². The number of rotatable bonds is 3. The van der Waals surface area contributed by atoms with Crippen LogP contribution in [0.15, 0.2) is 30.5 Å². The molecule has 2 rings (SSSR count). The van der Waals surface area contributed by atoms with Crippen molar-refractivity contribution in [2.45, 2.75) is 6.54 Å². The van der Waals surface area contributed by atoms with Gasteiger partial charge in [0, 0.05) is 10.6 Å². The maximum Gasteiger partial charge on any atom is 0.325 e. The molecule has 0 spiro atoms. The SMILES string of the molecule is O=C(O)Cn1cc(-c2cccc(Cl)c2)nn1. The van der Waals surface area contributed by atoms with Crippen LogP contribution in [-0.4, -0.2) is 26.1 Å². The first-order valence-corrected chi connectivity index (χ1v) is 4.91. The highest BCUT2D eigenvalue weighted by Crippen LogP contribution is 2.19. The maximum atomic E-state index is 10.5. The quantitative estimate of drug-likeness (QED) is 0.882. The summed E-state index contributed by atoms with van der Waals surface area (Å²) < 4.78 is 1.26. The van der Waals surface area contributed by atoms with Crippen molar-refractivity contribution in [3.05, 3.63) is 35.5 Å². The number of carboxylic acid groups (broad SMARTS) is 1. The molecule has 1 N–H and O–H groups in total. The first-order chi connectivity index (χ1) is 7.65. The predicted molar refractivity (Wildman–Crippen MR) is 58.1 cm³/mol. The van der Waals surface area contributed by atoms with Gasteiger partial charge in [-0.05, 0) is 12.1 Å². The normalized spacial score (nSPS) is 10.3. The molecular formula is C10H8ClN3O2. The molecule has 0 aliphatic rings. The summed E-state index contributed by atoms with van der Waals surface area (Å²) in [7, 11) is 0. The molecule has 16 heavy (non-hydrogen) atoms. The summed E-state index contributed by atoms with van der Waals surface area (Å²) in [6.45, 7) is -0.201. The second-order valence-corrected chi connectivity index (χ2v) is 3.64. The summed E-state index contributed by atoms with van der Waals surface area (Å²) in [5.41, 5.74) is 1.41. The lowest BCUT2D eigenvalue weighted by Crippen LogP contribution is -2.08. The topological polar surface area (TPSA) is 68.0 Å². The molecular weight excluding hydrogens is 230 g/mol. The molecule has 0 fully saturated rings. The van der Waals surface area contributed by atoms with Gasteiger partial charge in [0.1, 0.15) is 12.2 Å². The first-order valence-electron chi connectivity index (χ1n) is 4.53. The number of halogens is 1. The van der Waals surface area contributed by atoms with Crippen molar-refractivity contribution in [3.63, 3.8) is 0 Å². The monoisotopic (exact) mass is 237 g/mol. The molecule has 0 saturated carbocycles. The van der Waals surface area contributed by atoms with Crippen LogP contribution in [0.3, 0.4) is 0 Å². The molecule has 1 aromatic heterocycles. The minimum absolute atomic E-state index is 0.201. The molecule has 0 amide bonds. The number of aliphatic carboxylic acids is 1. The van der Waals surface area contributed by atoms with Crippen molar-refractivity contribution < 1.29 is 9.90 Å². The van der Waals surface area contributed by atoms with E-state index in [-0.39, 0.29) is 6.54 Å². The van der Waals surface area contributed by atoms with E-state index in [0.717, 1.165) is 5.56 Å². The van der Waals surface area contributed by atoms with Crippen molar-refractivity contribution in [1.29, 1.82) is 0 Å². The standard InChI is InChI=1S/C10H8ClN3O2/c11-8-3-1-2-7(4-8)9-5-14(13-12-9)6-10(15)16/h1-5H,6H2,(H,15,16). The summed E-state index contributed by atoms with van der Waals surface area (Å²) in [5, 5.41) is 16.8. The Labute approximate surface area is 96.3 Å². The van der Waals surface area contributed by atoms with Crippen LogP contribution in [0.5, 0.6) is 0 Å². The minimum Gasteiger partial charge on any atom is -0.480 e. The van der Waals surface area contributed by atoms with Crippen LogP contribution in [0.1, 0.15) is 0 Å². The van der Waals surface area contributed by atoms with E-state index in [4.69, 9.17) is 16.7 Å². The smallest absolute Gasteiger partial charge is 0.325 e. The first kappa shape index (κ1) is 10.6. The third kappa shape index (κ3) is 2.38. The molecule has 82 valence electrons. The lowest BCUT2D eigenvalue weighted by Gasteiger charge is -1.95. The molecule has 0 radical (unpaired) electrons. The Morgan fingerprint density at radius 2 is 2.31 bits per heavy atom. The molecule has 0 atom stereocenters.